The molecule has 9 heteroatoms. The van der Waals surface area contributed by atoms with E-state index in [9.17, 15) is 19.4 Å². The van der Waals surface area contributed by atoms with Crippen molar-refractivity contribution in [3.8, 4) is 0 Å². The number of nitrogens with one attached hydrogen (secondary N) is 1. The third-order valence-corrected chi connectivity index (χ3v) is 15.0. The largest absolute Gasteiger partial charge is 0.756 e. The molecule has 2 N–H and O–H groups in total. The minimum absolute atomic E-state index is 0.0152. The minimum Gasteiger partial charge on any atom is -0.756 e. The summed E-state index contributed by atoms with van der Waals surface area (Å²) in [5.74, 6) is -0.159. The lowest BCUT2D eigenvalue weighted by Gasteiger charge is -2.30. The minimum atomic E-state index is -4.57. The van der Waals surface area contributed by atoms with Crippen molar-refractivity contribution in [1.82, 2.24) is 5.32 Å². The maximum Gasteiger partial charge on any atom is 0.268 e. The third-order valence-electron chi connectivity index (χ3n) is 14.0. The van der Waals surface area contributed by atoms with Gasteiger partial charge in [0, 0.05) is 6.42 Å². The molecule has 0 heterocycles. The number of hydrogen-bond acceptors (Lipinski definition) is 6. The van der Waals surface area contributed by atoms with Gasteiger partial charge in [-0.15, -0.1) is 0 Å². The molecule has 8 nitrogen and oxygen atoms in total. The lowest BCUT2D eigenvalue weighted by Crippen LogP contribution is -2.46. The molecule has 406 valence electrons. The quantitative estimate of drug-likeness (QED) is 0.0272. The van der Waals surface area contributed by atoms with Crippen LogP contribution in [0.25, 0.3) is 0 Å². The number of hydrogen-bond donors (Lipinski definition) is 2. The molecule has 0 aromatic carbocycles. The molecule has 0 aromatic rings. The summed E-state index contributed by atoms with van der Waals surface area (Å²) in [5, 5.41) is 14.0. The Kier molecular flexibility index (Phi) is 50.6. The lowest BCUT2D eigenvalue weighted by atomic mass is 10.0. The number of nitrogens with zero attached hydrogens (tertiary/aromatic N) is 1. The van der Waals surface area contributed by atoms with Crippen LogP contribution in [0.4, 0.5) is 0 Å². The summed E-state index contributed by atoms with van der Waals surface area (Å²) in [6, 6.07) is -0.796. The molecule has 68 heavy (non-hydrogen) atoms. The smallest absolute Gasteiger partial charge is 0.268 e. The van der Waals surface area contributed by atoms with Crippen molar-refractivity contribution < 1.29 is 32.9 Å². The molecule has 1 amide bonds. The summed E-state index contributed by atoms with van der Waals surface area (Å²) >= 11 is 0. The number of carbonyl (C=O) groups is 1. The Labute approximate surface area is 424 Å². The van der Waals surface area contributed by atoms with Gasteiger partial charge in [-0.1, -0.05) is 276 Å². The number of amides is 1. The van der Waals surface area contributed by atoms with Crippen molar-refractivity contribution in [2.45, 2.75) is 321 Å². The van der Waals surface area contributed by atoms with Gasteiger partial charge in [0.1, 0.15) is 13.2 Å². The lowest BCUT2D eigenvalue weighted by molar-refractivity contribution is -0.870. The Hall–Kier alpha value is -0.760. The molecule has 3 atom stereocenters. The standard InChI is InChI=1S/C59H119N2O6P/c1-6-8-10-12-14-16-18-20-21-22-23-24-25-26-27-28-29-30-31-32-33-34-35-36-37-38-39-41-43-45-47-49-51-53-59(63)60-57(56-67-68(64,65)66-55-54-61(3,4)5)58(62)52-50-48-46-44-42-40-19-17-15-13-11-9-7-2/h26-27,57-58,62H,6-25,28-56H2,1-5H3,(H-,60,63,64,65)/b27-26-. The Morgan fingerprint density at radius 3 is 1.15 bits per heavy atom. The van der Waals surface area contributed by atoms with E-state index in [4.69, 9.17) is 9.05 Å². The fourth-order valence-corrected chi connectivity index (χ4v) is 10.00. The van der Waals surface area contributed by atoms with Gasteiger partial charge in [0.25, 0.3) is 7.82 Å². The second-order valence-corrected chi connectivity index (χ2v) is 23.5. The molecule has 0 spiro atoms. The molecule has 0 fully saturated rings. The average Bonchev–Trinajstić information content (AvgIpc) is 3.30. The van der Waals surface area contributed by atoms with Crippen molar-refractivity contribution in [3.05, 3.63) is 12.2 Å². The fraction of sp³-hybridized carbons (Fsp3) is 0.949. The van der Waals surface area contributed by atoms with E-state index in [0.29, 0.717) is 23.9 Å². The first-order valence-corrected chi connectivity index (χ1v) is 31.5. The van der Waals surface area contributed by atoms with Gasteiger partial charge in [-0.2, -0.15) is 0 Å². The maximum atomic E-state index is 13.0. The molecule has 0 bridgehead atoms. The van der Waals surface area contributed by atoms with Crippen molar-refractivity contribution >= 4 is 13.7 Å². The van der Waals surface area contributed by atoms with E-state index in [1.165, 1.54) is 244 Å². The van der Waals surface area contributed by atoms with Crippen LogP contribution in [0.3, 0.4) is 0 Å². The van der Waals surface area contributed by atoms with Crippen LogP contribution < -0.4 is 10.2 Å². The number of aliphatic hydroxyl groups excluding tert-OH is 1. The summed E-state index contributed by atoms with van der Waals surface area (Å²) in [6.45, 7) is 4.76. The van der Waals surface area contributed by atoms with Crippen molar-refractivity contribution in [2.24, 2.45) is 0 Å². The van der Waals surface area contributed by atoms with Gasteiger partial charge >= 0.3 is 0 Å². The third kappa shape index (κ3) is 53.0. The van der Waals surface area contributed by atoms with Crippen LogP contribution in [0, 0.1) is 0 Å². The second kappa shape index (κ2) is 51.2. The zero-order valence-electron chi connectivity index (χ0n) is 46.3. The number of rotatable bonds is 56. The van der Waals surface area contributed by atoms with Gasteiger partial charge in [0.15, 0.2) is 0 Å². The molecule has 0 aromatic heterocycles. The number of unbranched alkanes of at least 4 members (excludes halogenated alkanes) is 41. The first-order chi connectivity index (χ1) is 33.0. The van der Waals surface area contributed by atoms with Crippen molar-refractivity contribution in [1.29, 1.82) is 0 Å². The van der Waals surface area contributed by atoms with Crippen LogP contribution in [-0.4, -0.2) is 68.5 Å². The monoisotopic (exact) mass is 983 g/mol. The predicted molar refractivity (Wildman–Crippen MR) is 293 cm³/mol. The van der Waals surface area contributed by atoms with E-state index < -0.39 is 20.0 Å². The molecule has 0 aliphatic heterocycles. The van der Waals surface area contributed by atoms with E-state index in [1.807, 2.05) is 21.1 Å². The molecular weight excluding hydrogens is 864 g/mol. The van der Waals surface area contributed by atoms with Crippen LogP contribution in [-0.2, 0) is 18.4 Å². The van der Waals surface area contributed by atoms with Gasteiger partial charge < -0.3 is 28.8 Å². The summed E-state index contributed by atoms with van der Waals surface area (Å²) < 4.78 is 23.4. The Balaban J connectivity index is 3.94. The number of carbonyl (C=O) groups excluding carboxylic acids is 1. The van der Waals surface area contributed by atoms with Crippen LogP contribution >= 0.6 is 7.82 Å². The Morgan fingerprint density at radius 1 is 0.500 bits per heavy atom. The highest BCUT2D eigenvalue weighted by atomic mass is 31.2. The van der Waals surface area contributed by atoms with Gasteiger partial charge in [-0.3, -0.25) is 9.36 Å². The molecule has 0 radical (unpaired) electrons. The molecule has 3 unspecified atom stereocenters. The summed E-state index contributed by atoms with van der Waals surface area (Å²) in [4.78, 5) is 25.5. The first-order valence-electron chi connectivity index (χ1n) is 30.0. The summed E-state index contributed by atoms with van der Waals surface area (Å²) in [7, 11) is 1.32. The molecule has 0 rings (SSSR count). The summed E-state index contributed by atoms with van der Waals surface area (Å²) in [5.41, 5.74) is 0. The van der Waals surface area contributed by atoms with E-state index in [0.717, 1.165) is 38.5 Å². The van der Waals surface area contributed by atoms with E-state index in [1.54, 1.807) is 0 Å². The highest BCUT2D eigenvalue weighted by Gasteiger charge is 2.24. The number of phosphoric acid groups is 1. The number of likely N-dealkylation sites (N-methyl/N-ethyl adjacent to an activating group) is 1. The zero-order valence-corrected chi connectivity index (χ0v) is 47.2. The molecule has 0 saturated heterocycles. The van der Waals surface area contributed by atoms with Gasteiger partial charge in [0.05, 0.1) is 39.9 Å². The molecule has 0 saturated carbocycles. The first kappa shape index (κ1) is 67.2. The highest BCUT2D eigenvalue weighted by Crippen LogP contribution is 2.38. The van der Waals surface area contributed by atoms with Gasteiger partial charge in [0.2, 0.25) is 5.91 Å². The topological polar surface area (TPSA) is 108 Å². The average molecular weight is 984 g/mol. The van der Waals surface area contributed by atoms with Gasteiger partial charge in [-0.05, 0) is 38.5 Å². The van der Waals surface area contributed by atoms with Crippen molar-refractivity contribution in [3.63, 3.8) is 0 Å². The van der Waals surface area contributed by atoms with Crippen LogP contribution in [0.1, 0.15) is 309 Å². The number of phosphoric ester groups is 1. The Morgan fingerprint density at radius 2 is 0.809 bits per heavy atom. The number of allylic oxidation sites excluding steroid dienone is 2. The van der Waals surface area contributed by atoms with Gasteiger partial charge in [-0.25, -0.2) is 0 Å². The SMILES string of the molecule is CCCCCCCCCCCCCC/C=C\CCCCCCCCCCCCCCCCCCCC(=O)NC(COP(=O)([O-])OCC[N+](C)(C)C)C(O)CCCCCCCCCCCCCCC. The normalized spacial score (nSPS) is 13.9. The molecule has 0 aliphatic rings. The maximum absolute atomic E-state index is 13.0. The van der Waals surface area contributed by atoms with E-state index >= 15 is 0 Å². The van der Waals surface area contributed by atoms with Crippen LogP contribution in [0.5, 0.6) is 0 Å². The zero-order chi connectivity index (χ0) is 49.9. The van der Waals surface area contributed by atoms with Crippen LogP contribution in [0.15, 0.2) is 12.2 Å². The van der Waals surface area contributed by atoms with E-state index in [-0.39, 0.29) is 19.1 Å². The molecular formula is C59H119N2O6P. The number of quaternary nitrogens is 1. The summed E-state index contributed by atoms with van der Waals surface area (Å²) in [6.07, 6.45) is 62.7. The number of aliphatic hydroxyl groups is 1. The highest BCUT2D eigenvalue weighted by molar-refractivity contribution is 7.45. The fourth-order valence-electron chi connectivity index (χ4n) is 9.27. The van der Waals surface area contributed by atoms with E-state index in [2.05, 4.69) is 31.3 Å². The second-order valence-electron chi connectivity index (χ2n) is 22.1. The van der Waals surface area contributed by atoms with Crippen molar-refractivity contribution in [2.75, 3.05) is 40.9 Å². The Bertz CT molecular complexity index is 1120. The molecule has 0 aliphatic carbocycles. The predicted octanol–water partition coefficient (Wildman–Crippen LogP) is 17.6. The van der Waals surface area contributed by atoms with Crippen LogP contribution in [0.2, 0.25) is 0 Å².